The Bertz CT molecular complexity index is 704. The summed E-state index contributed by atoms with van der Waals surface area (Å²) in [6, 6.07) is 14.4. The molecule has 120 valence electrons. The van der Waals surface area contributed by atoms with Gasteiger partial charge in [-0.25, -0.2) is 0 Å². The molecule has 0 aromatic heterocycles. The van der Waals surface area contributed by atoms with Gasteiger partial charge in [-0.2, -0.15) is 0 Å². The fraction of sp³-hybridized carbons (Fsp3) is 0.278. The summed E-state index contributed by atoms with van der Waals surface area (Å²) in [5, 5.41) is 10.2. The minimum atomic E-state index is -0.217. The maximum Gasteiger partial charge on any atom is 0.227 e. The highest BCUT2D eigenvalue weighted by Crippen LogP contribution is 2.25. The Morgan fingerprint density at radius 3 is 2.87 bits per heavy atom. The molecule has 23 heavy (non-hydrogen) atoms. The van der Waals surface area contributed by atoms with Gasteiger partial charge in [0.15, 0.2) is 0 Å². The predicted molar refractivity (Wildman–Crippen MR) is 88.5 cm³/mol. The Labute approximate surface area is 140 Å². The van der Waals surface area contributed by atoms with Crippen molar-refractivity contribution in [1.82, 2.24) is 4.90 Å². The number of phenols is 1. The van der Waals surface area contributed by atoms with E-state index >= 15 is 0 Å². The Hall–Kier alpha value is -2.04. The van der Waals surface area contributed by atoms with Gasteiger partial charge in [0.25, 0.3) is 0 Å². The van der Waals surface area contributed by atoms with Gasteiger partial charge in [0, 0.05) is 11.6 Å². The monoisotopic (exact) mass is 331 g/mol. The van der Waals surface area contributed by atoms with Crippen molar-refractivity contribution >= 4 is 17.5 Å². The third-order valence-electron chi connectivity index (χ3n) is 3.96. The first-order chi connectivity index (χ1) is 11.1. The van der Waals surface area contributed by atoms with Crippen LogP contribution in [-0.2, 0) is 16.0 Å². The molecule has 1 fully saturated rings. The SMILES string of the molecule is O=C(Cc1ccccc1Cl)N1CCO[C@@H](c2cccc(O)c2)C1. The van der Waals surface area contributed by atoms with Crippen LogP contribution >= 0.6 is 11.6 Å². The maximum absolute atomic E-state index is 12.5. The molecule has 0 spiro atoms. The number of aromatic hydroxyl groups is 1. The summed E-state index contributed by atoms with van der Waals surface area (Å²) in [5.74, 6) is 0.233. The zero-order valence-corrected chi connectivity index (χ0v) is 13.4. The van der Waals surface area contributed by atoms with E-state index in [0.29, 0.717) is 24.7 Å². The molecule has 2 aromatic rings. The third kappa shape index (κ3) is 3.84. The number of benzene rings is 2. The number of amides is 1. The van der Waals surface area contributed by atoms with E-state index in [4.69, 9.17) is 16.3 Å². The fourth-order valence-electron chi connectivity index (χ4n) is 2.72. The van der Waals surface area contributed by atoms with Crippen molar-refractivity contribution in [3.63, 3.8) is 0 Å². The highest BCUT2D eigenvalue weighted by atomic mass is 35.5. The van der Waals surface area contributed by atoms with E-state index in [1.807, 2.05) is 24.3 Å². The van der Waals surface area contributed by atoms with E-state index in [0.717, 1.165) is 11.1 Å². The lowest BCUT2D eigenvalue weighted by Gasteiger charge is -2.33. The molecular formula is C18H18ClNO3. The van der Waals surface area contributed by atoms with Crippen LogP contribution in [0.5, 0.6) is 5.75 Å². The van der Waals surface area contributed by atoms with Crippen molar-refractivity contribution in [3.05, 3.63) is 64.7 Å². The summed E-state index contributed by atoms with van der Waals surface area (Å²) in [5.41, 5.74) is 1.71. The third-order valence-corrected chi connectivity index (χ3v) is 4.33. The standard InChI is InChI=1S/C18H18ClNO3/c19-16-7-2-1-4-13(16)11-18(22)20-8-9-23-17(12-20)14-5-3-6-15(21)10-14/h1-7,10,17,21H,8-9,11-12H2/t17-/m1/s1. The van der Waals surface area contributed by atoms with Crippen LogP contribution in [0.15, 0.2) is 48.5 Å². The summed E-state index contributed by atoms with van der Waals surface area (Å²) in [7, 11) is 0. The number of nitrogens with zero attached hydrogens (tertiary/aromatic N) is 1. The second kappa shape index (κ2) is 7.02. The number of ether oxygens (including phenoxy) is 1. The van der Waals surface area contributed by atoms with E-state index in [1.165, 1.54) is 0 Å². The van der Waals surface area contributed by atoms with Gasteiger partial charge in [-0.15, -0.1) is 0 Å². The van der Waals surface area contributed by atoms with Gasteiger partial charge in [-0.3, -0.25) is 4.79 Å². The largest absolute Gasteiger partial charge is 0.508 e. The zero-order chi connectivity index (χ0) is 16.2. The molecule has 1 saturated heterocycles. The van der Waals surface area contributed by atoms with Crippen molar-refractivity contribution in [3.8, 4) is 5.75 Å². The lowest BCUT2D eigenvalue weighted by atomic mass is 10.1. The van der Waals surface area contributed by atoms with E-state index < -0.39 is 0 Å². The summed E-state index contributed by atoms with van der Waals surface area (Å²) < 4.78 is 5.74. The molecule has 4 nitrogen and oxygen atoms in total. The van der Waals surface area contributed by atoms with Crippen LogP contribution in [0.4, 0.5) is 0 Å². The summed E-state index contributed by atoms with van der Waals surface area (Å²) in [6.07, 6.45) is 0.0675. The molecule has 3 rings (SSSR count). The lowest BCUT2D eigenvalue weighted by molar-refractivity contribution is -0.138. The van der Waals surface area contributed by atoms with Gasteiger partial charge < -0.3 is 14.7 Å². The quantitative estimate of drug-likeness (QED) is 0.939. The average molecular weight is 332 g/mol. The summed E-state index contributed by atoms with van der Waals surface area (Å²) in [4.78, 5) is 14.3. The van der Waals surface area contributed by atoms with Gasteiger partial charge in [0.1, 0.15) is 11.9 Å². The number of phenolic OH excluding ortho intramolecular Hbond substituents is 1. The number of rotatable bonds is 3. The van der Waals surface area contributed by atoms with Gasteiger partial charge in [-0.1, -0.05) is 41.9 Å². The van der Waals surface area contributed by atoms with Crippen molar-refractivity contribution in [1.29, 1.82) is 0 Å². The van der Waals surface area contributed by atoms with Crippen LogP contribution in [0.1, 0.15) is 17.2 Å². The number of hydrogen-bond acceptors (Lipinski definition) is 3. The van der Waals surface area contributed by atoms with Gasteiger partial charge in [0.2, 0.25) is 5.91 Å². The Morgan fingerprint density at radius 1 is 1.26 bits per heavy atom. The molecule has 0 bridgehead atoms. The predicted octanol–water partition coefficient (Wildman–Crippen LogP) is 3.19. The Morgan fingerprint density at radius 2 is 2.09 bits per heavy atom. The smallest absolute Gasteiger partial charge is 0.227 e. The van der Waals surface area contributed by atoms with E-state index in [2.05, 4.69) is 0 Å². The first-order valence-electron chi connectivity index (χ1n) is 7.55. The maximum atomic E-state index is 12.5. The van der Waals surface area contributed by atoms with E-state index in [-0.39, 0.29) is 24.2 Å². The number of hydrogen-bond donors (Lipinski definition) is 1. The molecule has 1 aliphatic heterocycles. The lowest BCUT2D eigenvalue weighted by Crippen LogP contribution is -2.43. The number of carbonyl (C=O) groups is 1. The zero-order valence-electron chi connectivity index (χ0n) is 12.6. The van der Waals surface area contributed by atoms with Crippen molar-refractivity contribution in [2.75, 3.05) is 19.7 Å². The summed E-state index contributed by atoms with van der Waals surface area (Å²) >= 11 is 6.13. The number of morpholine rings is 1. The van der Waals surface area contributed by atoms with E-state index in [9.17, 15) is 9.90 Å². The number of halogens is 1. The van der Waals surface area contributed by atoms with Crippen LogP contribution in [0.3, 0.4) is 0 Å². The van der Waals surface area contributed by atoms with E-state index in [1.54, 1.807) is 29.2 Å². The van der Waals surface area contributed by atoms with Gasteiger partial charge >= 0.3 is 0 Å². The molecular weight excluding hydrogens is 314 g/mol. The van der Waals surface area contributed by atoms with Crippen LogP contribution in [0.25, 0.3) is 0 Å². The van der Waals surface area contributed by atoms with Crippen LogP contribution in [0.2, 0.25) is 5.02 Å². The molecule has 1 atom stereocenters. The van der Waals surface area contributed by atoms with Crippen molar-refractivity contribution in [2.45, 2.75) is 12.5 Å². The molecule has 0 saturated carbocycles. The first kappa shape index (κ1) is 15.8. The molecule has 1 N–H and O–H groups in total. The minimum Gasteiger partial charge on any atom is -0.508 e. The normalized spacial score (nSPS) is 18.0. The Balaban J connectivity index is 1.68. The van der Waals surface area contributed by atoms with Crippen molar-refractivity contribution in [2.24, 2.45) is 0 Å². The highest BCUT2D eigenvalue weighted by Gasteiger charge is 2.25. The topological polar surface area (TPSA) is 49.8 Å². The number of carbonyl (C=O) groups excluding carboxylic acids is 1. The molecule has 5 heteroatoms. The highest BCUT2D eigenvalue weighted by molar-refractivity contribution is 6.31. The molecule has 2 aromatic carbocycles. The van der Waals surface area contributed by atoms with Crippen LogP contribution in [-0.4, -0.2) is 35.6 Å². The van der Waals surface area contributed by atoms with Gasteiger partial charge in [0.05, 0.1) is 19.6 Å². The Kier molecular flexibility index (Phi) is 4.84. The molecule has 1 amide bonds. The molecule has 1 heterocycles. The molecule has 1 aliphatic rings. The fourth-order valence-corrected chi connectivity index (χ4v) is 2.92. The minimum absolute atomic E-state index is 0.0338. The average Bonchev–Trinajstić information content (AvgIpc) is 2.57. The van der Waals surface area contributed by atoms with Gasteiger partial charge in [-0.05, 0) is 29.3 Å². The molecule has 0 aliphatic carbocycles. The molecule has 0 radical (unpaired) electrons. The summed E-state index contributed by atoms with van der Waals surface area (Å²) in [6.45, 7) is 1.53. The second-order valence-electron chi connectivity index (χ2n) is 5.56. The second-order valence-corrected chi connectivity index (χ2v) is 5.97. The first-order valence-corrected chi connectivity index (χ1v) is 7.93. The molecule has 0 unspecified atom stereocenters. The van der Waals surface area contributed by atoms with Crippen molar-refractivity contribution < 1.29 is 14.6 Å². The van der Waals surface area contributed by atoms with Crippen LogP contribution < -0.4 is 0 Å². The van der Waals surface area contributed by atoms with Crippen LogP contribution in [0, 0.1) is 0 Å².